The van der Waals surface area contributed by atoms with Crippen LogP contribution in [0.25, 0.3) is 17.0 Å². The zero-order chi connectivity index (χ0) is 24.0. The molecule has 1 aliphatic heterocycles. The number of carbonyl (C=O) groups is 2. The number of fused-ring (bicyclic) bond motifs is 1. The molecule has 34 heavy (non-hydrogen) atoms. The summed E-state index contributed by atoms with van der Waals surface area (Å²) < 4.78 is 17.2. The van der Waals surface area contributed by atoms with E-state index < -0.39 is 11.7 Å². The van der Waals surface area contributed by atoms with Gasteiger partial charge in [0.25, 0.3) is 11.1 Å². The highest BCUT2D eigenvalue weighted by atomic mass is 79.9. The largest absolute Gasteiger partial charge is 0.342 e. The Morgan fingerprint density at radius 3 is 2.53 bits per heavy atom. The number of anilines is 1. The zero-order valence-electron chi connectivity index (χ0n) is 17.3. The van der Waals surface area contributed by atoms with Gasteiger partial charge in [0.2, 0.25) is 0 Å². The lowest BCUT2D eigenvalue weighted by molar-refractivity contribution is -0.113. The smallest absolute Gasteiger partial charge is 0.298 e. The maximum atomic E-state index is 14.4. The van der Waals surface area contributed by atoms with E-state index >= 15 is 0 Å². The second-order valence-corrected chi connectivity index (χ2v) is 10.3. The second kappa shape index (κ2) is 9.23. The van der Waals surface area contributed by atoms with Crippen molar-refractivity contribution in [3.05, 3.63) is 103 Å². The van der Waals surface area contributed by atoms with Crippen molar-refractivity contribution in [1.29, 1.82) is 0 Å². The van der Waals surface area contributed by atoms with Gasteiger partial charge in [-0.1, -0.05) is 45.2 Å². The summed E-state index contributed by atoms with van der Waals surface area (Å²) in [6, 6.07) is 16.8. The fourth-order valence-electron chi connectivity index (χ4n) is 3.82. The van der Waals surface area contributed by atoms with Gasteiger partial charge >= 0.3 is 0 Å². The van der Waals surface area contributed by atoms with E-state index in [0.29, 0.717) is 26.2 Å². The first-order valence-electron chi connectivity index (χ1n) is 10.1. The lowest BCUT2D eigenvalue weighted by atomic mass is 10.1. The molecule has 1 aromatic heterocycles. The van der Waals surface area contributed by atoms with Crippen LogP contribution in [-0.2, 0) is 11.3 Å². The SMILES string of the molecule is O=C1S/C(=C\c2cn(Cc3c(F)cccc3Cl)c3ccc(Br)cc23)C(=O)N1c1ccc(Cl)cc1. The quantitative estimate of drug-likeness (QED) is 0.231. The standard InChI is InChI=1S/C25H14BrCl2FN2O2S/c26-15-4-9-22-18(11-15)14(12-30(22)13-19-20(28)2-1-3-21(19)29)10-23-24(32)31(25(33)34-23)17-7-5-16(27)6-8-17/h1-12H,13H2/b23-10-. The van der Waals surface area contributed by atoms with E-state index in [1.807, 2.05) is 29.0 Å². The maximum Gasteiger partial charge on any atom is 0.298 e. The van der Waals surface area contributed by atoms with Crippen LogP contribution in [0.1, 0.15) is 11.1 Å². The van der Waals surface area contributed by atoms with Crippen LogP contribution in [0.15, 0.2) is 76.2 Å². The zero-order valence-corrected chi connectivity index (χ0v) is 21.2. The van der Waals surface area contributed by atoms with E-state index in [9.17, 15) is 14.0 Å². The first-order chi connectivity index (χ1) is 16.3. The average Bonchev–Trinajstić information content (AvgIpc) is 3.27. The van der Waals surface area contributed by atoms with E-state index in [2.05, 4.69) is 15.9 Å². The summed E-state index contributed by atoms with van der Waals surface area (Å²) in [6.45, 7) is 0.212. The highest BCUT2D eigenvalue weighted by molar-refractivity contribution is 9.10. The van der Waals surface area contributed by atoms with Crippen LogP contribution in [0.5, 0.6) is 0 Å². The Labute approximate surface area is 217 Å². The molecule has 0 spiro atoms. The molecular weight excluding hydrogens is 562 g/mol. The van der Waals surface area contributed by atoms with E-state index in [-0.39, 0.29) is 11.8 Å². The number of rotatable bonds is 4. The van der Waals surface area contributed by atoms with Crippen LogP contribution in [-0.4, -0.2) is 15.7 Å². The van der Waals surface area contributed by atoms with Crippen molar-refractivity contribution in [2.24, 2.45) is 0 Å². The minimum atomic E-state index is -0.412. The predicted molar refractivity (Wildman–Crippen MR) is 140 cm³/mol. The average molecular weight is 576 g/mol. The Kier molecular flexibility index (Phi) is 6.29. The van der Waals surface area contributed by atoms with Crippen LogP contribution in [0.4, 0.5) is 14.9 Å². The molecule has 170 valence electrons. The number of hydrogen-bond acceptors (Lipinski definition) is 3. The third kappa shape index (κ3) is 4.29. The van der Waals surface area contributed by atoms with Crippen LogP contribution in [0.3, 0.4) is 0 Å². The van der Waals surface area contributed by atoms with E-state index in [4.69, 9.17) is 23.2 Å². The lowest BCUT2D eigenvalue weighted by Crippen LogP contribution is -2.27. The number of imide groups is 1. The predicted octanol–water partition coefficient (Wildman–Crippen LogP) is 8.14. The number of hydrogen-bond donors (Lipinski definition) is 0. The Bertz CT molecular complexity index is 1480. The summed E-state index contributed by atoms with van der Waals surface area (Å²) in [5.41, 5.74) is 2.39. The lowest BCUT2D eigenvalue weighted by Gasteiger charge is -2.12. The van der Waals surface area contributed by atoms with Gasteiger partial charge in [-0.05, 0) is 72.4 Å². The molecule has 0 saturated carbocycles. The summed E-state index contributed by atoms with van der Waals surface area (Å²) >= 11 is 16.5. The van der Waals surface area contributed by atoms with Crippen LogP contribution in [0, 0.1) is 5.82 Å². The van der Waals surface area contributed by atoms with Gasteiger partial charge in [-0.15, -0.1) is 0 Å². The number of nitrogens with zero attached hydrogens (tertiary/aromatic N) is 2. The highest BCUT2D eigenvalue weighted by Gasteiger charge is 2.36. The topological polar surface area (TPSA) is 42.3 Å². The second-order valence-electron chi connectivity index (χ2n) is 7.57. The summed E-state index contributed by atoms with van der Waals surface area (Å²) in [7, 11) is 0. The van der Waals surface area contributed by atoms with Gasteiger partial charge in [-0.3, -0.25) is 9.59 Å². The molecule has 9 heteroatoms. The molecule has 0 N–H and O–H groups in total. The molecule has 2 heterocycles. The molecule has 0 unspecified atom stereocenters. The van der Waals surface area contributed by atoms with Crippen molar-refractivity contribution in [3.63, 3.8) is 0 Å². The minimum Gasteiger partial charge on any atom is -0.342 e. The third-order valence-corrected chi connectivity index (χ3v) is 7.40. The molecule has 1 saturated heterocycles. The minimum absolute atomic E-state index is 0.212. The molecule has 0 bridgehead atoms. The fourth-order valence-corrected chi connectivity index (χ4v) is 5.36. The first kappa shape index (κ1) is 23.2. The summed E-state index contributed by atoms with van der Waals surface area (Å²) in [6.07, 6.45) is 3.52. The molecular formula is C25H14BrCl2FN2O2S. The Hall–Kier alpha value is -2.58. The van der Waals surface area contributed by atoms with Crippen LogP contribution >= 0.6 is 50.9 Å². The molecule has 4 nitrogen and oxygen atoms in total. The normalized spacial score (nSPS) is 15.2. The molecule has 0 atom stereocenters. The van der Waals surface area contributed by atoms with Crippen LogP contribution < -0.4 is 4.90 Å². The molecule has 1 aliphatic rings. The van der Waals surface area contributed by atoms with Crippen molar-refractivity contribution in [2.45, 2.75) is 6.54 Å². The van der Waals surface area contributed by atoms with E-state index in [1.54, 1.807) is 42.5 Å². The number of carbonyl (C=O) groups excluding carboxylic acids is 2. The first-order valence-corrected chi connectivity index (χ1v) is 12.4. The molecule has 1 fully saturated rings. The Balaban J connectivity index is 1.56. The van der Waals surface area contributed by atoms with Crippen molar-refractivity contribution in [3.8, 4) is 0 Å². The fraction of sp³-hybridized carbons (Fsp3) is 0.0400. The Morgan fingerprint density at radius 2 is 1.79 bits per heavy atom. The number of halogens is 4. The molecule has 0 aliphatic carbocycles. The summed E-state index contributed by atoms with van der Waals surface area (Å²) in [5.74, 6) is -0.803. The van der Waals surface area contributed by atoms with Gasteiger partial charge in [0.15, 0.2) is 0 Å². The van der Waals surface area contributed by atoms with Gasteiger partial charge in [-0.25, -0.2) is 9.29 Å². The van der Waals surface area contributed by atoms with Crippen molar-refractivity contribution >= 4 is 84.7 Å². The summed E-state index contributed by atoms with van der Waals surface area (Å²) in [5, 5.41) is 1.31. The van der Waals surface area contributed by atoms with Gasteiger partial charge in [0.05, 0.1) is 17.1 Å². The summed E-state index contributed by atoms with van der Waals surface area (Å²) in [4.78, 5) is 27.2. The Morgan fingerprint density at radius 1 is 1.03 bits per heavy atom. The number of thioether (sulfide) groups is 1. The van der Waals surface area contributed by atoms with Gasteiger partial charge in [0.1, 0.15) is 5.82 Å². The van der Waals surface area contributed by atoms with E-state index in [1.165, 1.54) is 6.07 Å². The highest BCUT2D eigenvalue weighted by Crippen LogP contribution is 2.38. The molecule has 4 aromatic rings. The van der Waals surface area contributed by atoms with Crippen molar-refractivity contribution in [1.82, 2.24) is 4.57 Å². The van der Waals surface area contributed by atoms with E-state index in [0.717, 1.165) is 37.6 Å². The maximum absolute atomic E-state index is 14.4. The molecule has 2 amide bonds. The van der Waals surface area contributed by atoms with Gasteiger partial charge < -0.3 is 4.57 Å². The van der Waals surface area contributed by atoms with Gasteiger partial charge in [0, 0.05) is 42.7 Å². The molecule has 3 aromatic carbocycles. The molecule has 0 radical (unpaired) electrons. The number of amides is 2. The van der Waals surface area contributed by atoms with Crippen molar-refractivity contribution in [2.75, 3.05) is 4.90 Å². The van der Waals surface area contributed by atoms with Crippen LogP contribution in [0.2, 0.25) is 10.0 Å². The number of aromatic nitrogens is 1. The van der Waals surface area contributed by atoms with Crippen molar-refractivity contribution < 1.29 is 14.0 Å². The molecule has 5 rings (SSSR count). The van der Waals surface area contributed by atoms with Gasteiger partial charge in [-0.2, -0.15) is 0 Å². The third-order valence-electron chi connectivity index (χ3n) is 5.43. The monoisotopic (exact) mass is 574 g/mol. The number of benzene rings is 3.